The van der Waals surface area contributed by atoms with Crippen LogP contribution >= 0.6 is 0 Å². The van der Waals surface area contributed by atoms with E-state index >= 15 is 0 Å². The highest BCUT2D eigenvalue weighted by molar-refractivity contribution is 5.15. The molecule has 0 bridgehead atoms. The Labute approximate surface area is 142 Å². The number of aryl methyl sites for hydroxylation is 1. The van der Waals surface area contributed by atoms with Gasteiger partial charge in [0.15, 0.2) is 0 Å². The lowest BCUT2D eigenvalue weighted by molar-refractivity contribution is 0.0384. The third-order valence-electron chi connectivity index (χ3n) is 4.80. The lowest BCUT2D eigenvalue weighted by atomic mass is 9.88. The zero-order valence-corrected chi connectivity index (χ0v) is 13.8. The summed E-state index contributed by atoms with van der Waals surface area (Å²) in [6, 6.07) is 9.91. The predicted octanol–water partition coefficient (Wildman–Crippen LogP) is 0.637. The van der Waals surface area contributed by atoms with Crippen molar-refractivity contribution in [3.8, 4) is 0 Å². The molecule has 0 spiro atoms. The molecule has 1 fully saturated rings. The standard InChI is InChI=1S/C19H28O5/c20-12-15(22)10-17-16(18(23)11-19(17)24)9-8-14(21)7-6-13-4-2-1-3-5-13/h1-5,8-9,14-24H,6-7,10-12H2/t14-,15?,16+,17+,18+,19-/m0/s1. The van der Waals surface area contributed by atoms with Crippen molar-refractivity contribution in [2.45, 2.75) is 50.1 Å². The van der Waals surface area contributed by atoms with E-state index in [0.29, 0.717) is 6.42 Å². The molecule has 1 unspecified atom stereocenters. The Kier molecular flexibility index (Phi) is 7.40. The van der Waals surface area contributed by atoms with E-state index < -0.39 is 24.4 Å². The average Bonchev–Trinajstić information content (AvgIpc) is 2.85. The first-order chi connectivity index (χ1) is 11.5. The molecule has 5 N–H and O–H groups in total. The summed E-state index contributed by atoms with van der Waals surface area (Å²) in [5, 5.41) is 48.8. The first-order valence-electron chi connectivity index (χ1n) is 8.56. The molecule has 24 heavy (non-hydrogen) atoms. The van der Waals surface area contributed by atoms with Crippen LogP contribution < -0.4 is 0 Å². The van der Waals surface area contributed by atoms with Gasteiger partial charge in [-0.05, 0) is 30.7 Å². The van der Waals surface area contributed by atoms with Crippen LogP contribution in [0.25, 0.3) is 0 Å². The van der Waals surface area contributed by atoms with Gasteiger partial charge < -0.3 is 25.5 Å². The fourth-order valence-electron chi connectivity index (χ4n) is 3.41. The van der Waals surface area contributed by atoms with E-state index in [1.54, 1.807) is 12.2 Å². The molecule has 0 amide bonds. The predicted molar refractivity (Wildman–Crippen MR) is 91.2 cm³/mol. The van der Waals surface area contributed by atoms with E-state index in [0.717, 1.165) is 12.0 Å². The van der Waals surface area contributed by atoms with Gasteiger partial charge in [-0.2, -0.15) is 0 Å². The van der Waals surface area contributed by atoms with Crippen molar-refractivity contribution in [1.29, 1.82) is 0 Å². The molecule has 2 rings (SSSR count). The smallest absolute Gasteiger partial charge is 0.0774 e. The van der Waals surface area contributed by atoms with Crippen LogP contribution in [0.15, 0.2) is 42.5 Å². The maximum atomic E-state index is 10.1. The Morgan fingerprint density at radius 3 is 2.46 bits per heavy atom. The number of aliphatic hydroxyl groups is 5. The minimum absolute atomic E-state index is 0.226. The molecule has 1 aromatic rings. The molecule has 0 aliphatic heterocycles. The Hall–Kier alpha value is -1.24. The molecule has 0 heterocycles. The van der Waals surface area contributed by atoms with Crippen LogP contribution in [0.5, 0.6) is 0 Å². The topological polar surface area (TPSA) is 101 Å². The molecule has 6 atom stereocenters. The van der Waals surface area contributed by atoms with Gasteiger partial charge in [0.2, 0.25) is 0 Å². The molecule has 5 nitrogen and oxygen atoms in total. The normalized spacial score (nSPS) is 29.9. The zero-order valence-electron chi connectivity index (χ0n) is 13.8. The van der Waals surface area contributed by atoms with E-state index in [4.69, 9.17) is 5.11 Å². The monoisotopic (exact) mass is 336 g/mol. The second kappa shape index (κ2) is 9.30. The van der Waals surface area contributed by atoms with E-state index in [9.17, 15) is 20.4 Å². The summed E-state index contributed by atoms with van der Waals surface area (Å²) in [7, 11) is 0. The van der Waals surface area contributed by atoms with Crippen molar-refractivity contribution in [3.63, 3.8) is 0 Å². The van der Waals surface area contributed by atoms with E-state index in [1.807, 2.05) is 30.3 Å². The van der Waals surface area contributed by atoms with Crippen molar-refractivity contribution >= 4 is 0 Å². The molecule has 1 aliphatic carbocycles. The maximum absolute atomic E-state index is 10.1. The van der Waals surface area contributed by atoms with Crippen LogP contribution in [-0.4, -0.2) is 56.6 Å². The third-order valence-corrected chi connectivity index (χ3v) is 4.80. The van der Waals surface area contributed by atoms with Crippen molar-refractivity contribution in [3.05, 3.63) is 48.0 Å². The van der Waals surface area contributed by atoms with Gasteiger partial charge in [0.25, 0.3) is 0 Å². The number of aliphatic hydroxyl groups excluding tert-OH is 5. The van der Waals surface area contributed by atoms with E-state index in [2.05, 4.69) is 0 Å². The Balaban J connectivity index is 1.89. The van der Waals surface area contributed by atoms with Crippen LogP contribution in [0, 0.1) is 11.8 Å². The maximum Gasteiger partial charge on any atom is 0.0774 e. The van der Waals surface area contributed by atoms with E-state index in [1.165, 1.54) is 0 Å². The van der Waals surface area contributed by atoms with Gasteiger partial charge in [-0.25, -0.2) is 0 Å². The largest absolute Gasteiger partial charge is 0.394 e. The first-order valence-corrected chi connectivity index (χ1v) is 8.56. The minimum atomic E-state index is -0.908. The number of hydrogen-bond donors (Lipinski definition) is 5. The fraction of sp³-hybridized carbons (Fsp3) is 0.579. The summed E-state index contributed by atoms with van der Waals surface area (Å²) in [5.41, 5.74) is 1.16. The van der Waals surface area contributed by atoms with Crippen LogP contribution in [0.1, 0.15) is 24.8 Å². The lowest BCUT2D eigenvalue weighted by Gasteiger charge is -2.23. The highest BCUT2D eigenvalue weighted by atomic mass is 16.3. The second-order valence-electron chi connectivity index (χ2n) is 6.66. The number of benzene rings is 1. The third kappa shape index (κ3) is 5.40. The van der Waals surface area contributed by atoms with Gasteiger partial charge in [0, 0.05) is 12.3 Å². The highest BCUT2D eigenvalue weighted by Gasteiger charge is 2.40. The molecule has 5 heteroatoms. The number of hydrogen-bond acceptors (Lipinski definition) is 5. The highest BCUT2D eigenvalue weighted by Crippen LogP contribution is 2.36. The summed E-state index contributed by atoms with van der Waals surface area (Å²) < 4.78 is 0. The van der Waals surface area contributed by atoms with Crippen LogP contribution in [0.4, 0.5) is 0 Å². The Morgan fingerprint density at radius 1 is 1.08 bits per heavy atom. The van der Waals surface area contributed by atoms with Gasteiger partial charge in [0.1, 0.15) is 0 Å². The molecule has 134 valence electrons. The molecule has 0 saturated heterocycles. The molecule has 1 saturated carbocycles. The molecule has 0 aromatic heterocycles. The lowest BCUT2D eigenvalue weighted by Crippen LogP contribution is -2.27. The van der Waals surface area contributed by atoms with Gasteiger partial charge in [0.05, 0.1) is 31.0 Å². The van der Waals surface area contributed by atoms with Gasteiger partial charge in [-0.15, -0.1) is 0 Å². The van der Waals surface area contributed by atoms with Gasteiger partial charge >= 0.3 is 0 Å². The summed E-state index contributed by atoms with van der Waals surface area (Å²) in [6.45, 7) is -0.366. The zero-order chi connectivity index (χ0) is 17.5. The van der Waals surface area contributed by atoms with Gasteiger partial charge in [-0.1, -0.05) is 42.5 Å². The minimum Gasteiger partial charge on any atom is -0.394 e. The molecular weight excluding hydrogens is 308 g/mol. The molecule has 1 aromatic carbocycles. The quantitative estimate of drug-likeness (QED) is 0.449. The fourth-order valence-corrected chi connectivity index (χ4v) is 3.41. The summed E-state index contributed by atoms with van der Waals surface area (Å²) in [6.07, 6.45) is 2.27. The van der Waals surface area contributed by atoms with Crippen molar-refractivity contribution in [1.82, 2.24) is 0 Å². The second-order valence-corrected chi connectivity index (χ2v) is 6.66. The van der Waals surface area contributed by atoms with Crippen LogP contribution in [-0.2, 0) is 6.42 Å². The average molecular weight is 336 g/mol. The number of rotatable bonds is 8. The van der Waals surface area contributed by atoms with Crippen molar-refractivity contribution in [2.75, 3.05) is 6.61 Å². The summed E-state index contributed by atoms with van der Waals surface area (Å²) in [5.74, 6) is -0.646. The molecule has 0 radical (unpaired) electrons. The van der Waals surface area contributed by atoms with E-state index in [-0.39, 0.29) is 31.3 Å². The van der Waals surface area contributed by atoms with Crippen LogP contribution in [0.3, 0.4) is 0 Å². The summed E-state index contributed by atoms with van der Waals surface area (Å²) >= 11 is 0. The molecule has 1 aliphatic rings. The Bertz CT molecular complexity index is 504. The Morgan fingerprint density at radius 2 is 1.79 bits per heavy atom. The first kappa shape index (κ1) is 19.1. The van der Waals surface area contributed by atoms with Gasteiger partial charge in [-0.3, -0.25) is 0 Å². The SMILES string of the molecule is OCC(O)C[C@@H]1[C@@H](C=C[C@@H](O)CCc2ccccc2)[C@H](O)C[C@@H]1O. The van der Waals surface area contributed by atoms with Crippen molar-refractivity contribution < 1.29 is 25.5 Å². The molecular formula is C19H28O5. The van der Waals surface area contributed by atoms with Crippen LogP contribution in [0.2, 0.25) is 0 Å². The summed E-state index contributed by atoms with van der Waals surface area (Å²) in [4.78, 5) is 0. The van der Waals surface area contributed by atoms with Crippen molar-refractivity contribution in [2.24, 2.45) is 11.8 Å².